The lowest BCUT2D eigenvalue weighted by Gasteiger charge is -2.35. The van der Waals surface area contributed by atoms with Crippen LogP contribution in [0.4, 0.5) is 0 Å². The largest absolute Gasteiger partial charge is 0.479 e. The van der Waals surface area contributed by atoms with Crippen molar-refractivity contribution in [3.63, 3.8) is 0 Å². The standard InChI is InChI=1S/C14H19NO3S/c1-9-11-5-7-19-13(11)4-6-15(9)8-10-2-3-12(18-10)14(16)17/h5,7,9-10,12H,2-4,6,8H2,1H3,(H,16,17). The molecule has 2 aliphatic heterocycles. The normalized spacial score (nSPS) is 31.3. The summed E-state index contributed by atoms with van der Waals surface area (Å²) in [7, 11) is 0. The first-order chi connectivity index (χ1) is 9.15. The van der Waals surface area contributed by atoms with Crippen molar-refractivity contribution < 1.29 is 14.6 Å². The summed E-state index contributed by atoms with van der Waals surface area (Å²) in [6, 6.07) is 2.63. The van der Waals surface area contributed by atoms with E-state index in [0.29, 0.717) is 12.5 Å². The lowest BCUT2D eigenvalue weighted by Crippen LogP contribution is -2.39. The van der Waals surface area contributed by atoms with Gasteiger partial charge in [0.15, 0.2) is 6.10 Å². The van der Waals surface area contributed by atoms with Gasteiger partial charge < -0.3 is 9.84 Å². The Hall–Kier alpha value is -0.910. The Morgan fingerprint density at radius 3 is 3.16 bits per heavy atom. The zero-order valence-electron chi connectivity index (χ0n) is 11.0. The molecule has 1 fully saturated rings. The first kappa shape index (κ1) is 13.1. The molecule has 0 spiro atoms. The number of carbonyl (C=O) groups is 1. The van der Waals surface area contributed by atoms with Gasteiger partial charge in [-0.1, -0.05) is 0 Å². The number of carboxylic acids is 1. The van der Waals surface area contributed by atoms with E-state index in [1.165, 1.54) is 10.4 Å². The van der Waals surface area contributed by atoms with Gasteiger partial charge in [-0.3, -0.25) is 4.90 Å². The zero-order valence-corrected chi connectivity index (χ0v) is 11.9. The van der Waals surface area contributed by atoms with E-state index in [1.807, 2.05) is 11.3 Å². The molecule has 1 aromatic rings. The molecule has 1 saturated heterocycles. The third-order valence-electron chi connectivity index (χ3n) is 4.22. The van der Waals surface area contributed by atoms with Crippen LogP contribution in [0.15, 0.2) is 11.4 Å². The van der Waals surface area contributed by atoms with Crippen LogP contribution in [0.2, 0.25) is 0 Å². The number of thiophene rings is 1. The first-order valence-electron chi connectivity index (χ1n) is 6.83. The fourth-order valence-corrected chi connectivity index (χ4v) is 4.06. The van der Waals surface area contributed by atoms with Gasteiger partial charge in [0.1, 0.15) is 0 Å². The molecule has 3 atom stereocenters. The van der Waals surface area contributed by atoms with Gasteiger partial charge in [-0.25, -0.2) is 4.79 Å². The summed E-state index contributed by atoms with van der Waals surface area (Å²) in [6.07, 6.45) is 2.08. The van der Waals surface area contributed by atoms with Crippen molar-refractivity contribution in [3.8, 4) is 0 Å². The van der Waals surface area contributed by atoms with E-state index in [-0.39, 0.29) is 6.10 Å². The second-order valence-corrected chi connectivity index (χ2v) is 6.38. The molecule has 0 bridgehead atoms. The van der Waals surface area contributed by atoms with Gasteiger partial charge in [-0.05, 0) is 43.2 Å². The van der Waals surface area contributed by atoms with E-state index in [0.717, 1.165) is 25.9 Å². The highest BCUT2D eigenvalue weighted by atomic mass is 32.1. The first-order valence-corrected chi connectivity index (χ1v) is 7.71. The molecule has 0 aromatic carbocycles. The predicted molar refractivity (Wildman–Crippen MR) is 73.5 cm³/mol. The highest BCUT2D eigenvalue weighted by Crippen LogP contribution is 2.33. The summed E-state index contributed by atoms with van der Waals surface area (Å²) in [5.74, 6) is -0.825. The van der Waals surface area contributed by atoms with Gasteiger partial charge in [0.2, 0.25) is 0 Å². The Balaban J connectivity index is 1.61. The van der Waals surface area contributed by atoms with Gasteiger partial charge in [0.25, 0.3) is 0 Å². The summed E-state index contributed by atoms with van der Waals surface area (Å²) in [6.45, 7) is 4.13. The monoisotopic (exact) mass is 281 g/mol. The minimum Gasteiger partial charge on any atom is -0.479 e. The highest BCUT2D eigenvalue weighted by Gasteiger charge is 2.33. The summed E-state index contributed by atoms with van der Waals surface area (Å²) in [5.41, 5.74) is 1.43. The average molecular weight is 281 g/mol. The second kappa shape index (κ2) is 5.23. The van der Waals surface area contributed by atoms with Crippen LogP contribution in [0.1, 0.15) is 36.2 Å². The van der Waals surface area contributed by atoms with Crippen LogP contribution >= 0.6 is 11.3 Å². The van der Waals surface area contributed by atoms with E-state index < -0.39 is 12.1 Å². The quantitative estimate of drug-likeness (QED) is 0.923. The molecule has 0 radical (unpaired) electrons. The van der Waals surface area contributed by atoms with Crippen LogP contribution in [0.5, 0.6) is 0 Å². The van der Waals surface area contributed by atoms with Gasteiger partial charge in [-0.2, -0.15) is 0 Å². The molecular weight excluding hydrogens is 262 g/mol. The number of hydrogen-bond acceptors (Lipinski definition) is 4. The van der Waals surface area contributed by atoms with Gasteiger partial charge in [0, 0.05) is 24.0 Å². The molecular formula is C14H19NO3S. The van der Waals surface area contributed by atoms with Crippen molar-refractivity contribution in [2.45, 2.75) is 44.4 Å². The SMILES string of the molecule is CC1c2ccsc2CCN1CC1CCC(C(=O)O)O1. The Morgan fingerprint density at radius 1 is 1.58 bits per heavy atom. The number of ether oxygens (including phenoxy) is 1. The van der Waals surface area contributed by atoms with E-state index >= 15 is 0 Å². The second-order valence-electron chi connectivity index (χ2n) is 5.38. The summed E-state index contributed by atoms with van der Waals surface area (Å²) in [5, 5.41) is 11.1. The Labute approximate surface area is 117 Å². The van der Waals surface area contributed by atoms with Crippen molar-refractivity contribution in [1.82, 2.24) is 4.90 Å². The van der Waals surface area contributed by atoms with Crippen molar-refractivity contribution in [1.29, 1.82) is 0 Å². The lowest BCUT2D eigenvalue weighted by molar-refractivity contribution is -0.149. The summed E-state index contributed by atoms with van der Waals surface area (Å²) < 4.78 is 5.60. The van der Waals surface area contributed by atoms with Gasteiger partial charge >= 0.3 is 5.97 Å². The third kappa shape index (κ3) is 2.55. The molecule has 4 nitrogen and oxygen atoms in total. The number of hydrogen-bond donors (Lipinski definition) is 1. The number of fused-ring (bicyclic) bond motifs is 1. The maximum absolute atomic E-state index is 10.9. The van der Waals surface area contributed by atoms with E-state index in [1.54, 1.807) is 0 Å². The molecule has 0 amide bonds. The molecule has 0 aliphatic carbocycles. The molecule has 104 valence electrons. The molecule has 19 heavy (non-hydrogen) atoms. The van der Waals surface area contributed by atoms with Crippen LogP contribution < -0.4 is 0 Å². The van der Waals surface area contributed by atoms with Crippen molar-refractivity contribution in [2.75, 3.05) is 13.1 Å². The number of rotatable bonds is 3. The van der Waals surface area contributed by atoms with Crippen LogP contribution in [-0.2, 0) is 16.0 Å². The van der Waals surface area contributed by atoms with E-state index in [4.69, 9.17) is 9.84 Å². The summed E-state index contributed by atoms with van der Waals surface area (Å²) >= 11 is 1.84. The number of aliphatic carboxylic acids is 1. The van der Waals surface area contributed by atoms with Crippen molar-refractivity contribution in [3.05, 3.63) is 21.9 Å². The Morgan fingerprint density at radius 2 is 2.42 bits per heavy atom. The van der Waals surface area contributed by atoms with Crippen molar-refractivity contribution >= 4 is 17.3 Å². The maximum Gasteiger partial charge on any atom is 0.332 e. The van der Waals surface area contributed by atoms with Crippen LogP contribution in [-0.4, -0.2) is 41.3 Å². The molecule has 1 N–H and O–H groups in total. The zero-order chi connectivity index (χ0) is 13.4. The fraction of sp³-hybridized carbons (Fsp3) is 0.643. The topological polar surface area (TPSA) is 49.8 Å². The van der Waals surface area contributed by atoms with Gasteiger partial charge in [0.05, 0.1) is 6.10 Å². The molecule has 3 heterocycles. The van der Waals surface area contributed by atoms with E-state index in [9.17, 15) is 4.79 Å². The number of nitrogens with zero attached hydrogens (tertiary/aromatic N) is 1. The average Bonchev–Trinajstić information content (AvgIpc) is 3.01. The smallest absolute Gasteiger partial charge is 0.332 e. The van der Waals surface area contributed by atoms with Gasteiger partial charge in [-0.15, -0.1) is 11.3 Å². The Kier molecular flexibility index (Phi) is 3.60. The van der Waals surface area contributed by atoms with Crippen LogP contribution in [0, 0.1) is 0 Å². The highest BCUT2D eigenvalue weighted by molar-refractivity contribution is 7.10. The molecule has 0 saturated carbocycles. The lowest BCUT2D eigenvalue weighted by atomic mass is 10.0. The summed E-state index contributed by atoms with van der Waals surface area (Å²) in [4.78, 5) is 14.8. The fourth-order valence-electron chi connectivity index (χ4n) is 3.09. The molecule has 3 unspecified atom stereocenters. The molecule has 1 aromatic heterocycles. The van der Waals surface area contributed by atoms with Crippen LogP contribution in [0.3, 0.4) is 0 Å². The maximum atomic E-state index is 10.9. The molecule has 2 aliphatic rings. The van der Waals surface area contributed by atoms with E-state index in [2.05, 4.69) is 23.3 Å². The third-order valence-corrected chi connectivity index (χ3v) is 5.22. The molecule has 3 rings (SSSR count). The number of carboxylic acid groups (broad SMARTS) is 1. The van der Waals surface area contributed by atoms with Crippen molar-refractivity contribution in [2.24, 2.45) is 0 Å². The Bertz CT molecular complexity index is 473. The molecule has 5 heteroatoms. The van der Waals surface area contributed by atoms with Crippen LogP contribution in [0.25, 0.3) is 0 Å². The minimum atomic E-state index is -0.825. The predicted octanol–water partition coefficient (Wildman–Crippen LogP) is 2.30. The minimum absolute atomic E-state index is 0.0729.